The van der Waals surface area contributed by atoms with Crippen LogP contribution >= 0.6 is 0 Å². The molecule has 0 aliphatic carbocycles. The van der Waals surface area contributed by atoms with Crippen LogP contribution in [0.25, 0.3) is 0 Å². The van der Waals surface area contributed by atoms with E-state index < -0.39 is 26.7 Å². The zero-order chi connectivity index (χ0) is 17.0. The Balaban J connectivity index is 1.95. The van der Waals surface area contributed by atoms with Crippen molar-refractivity contribution in [3.05, 3.63) is 30.1 Å². The van der Waals surface area contributed by atoms with Gasteiger partial charge in [0.05, 0.1) is 5.25 Å². The molecular weight excluding hydrogens is 319 g/mol. The molecule has 1 aromatic carbocycles. The fourth-order valence-electron chi connectivity index (χ4n) is 2.62. The van der Waals surface area contributed by atoms with E-state index in [2.05, 4.69) is 5.32 Å². The summed E-state index contributed by atoms with van der Waals surface area (Å²) in [5.74, 6) is -1.25. The van der Waals surface area contributed by atoms with Gasteiger partial charge in [0.2, 0.25) is 5.91 Å². The van der Waals surface area contributed by atoms with Crippen molar-refractivity contribution < 1.29 is 17.6 Å². The van der Waals surface area contributed by atoms with E-state index in [4.69, 9.17) is 0 Å². The van der Waals surface area contributed by atoms with Crippen LogP contribution in [0.4, 0.5) is 10.1 Å². The molecule has 1 aliphatic rings. The second-order valence-electron chi connectivity index (χ2n) is 6.19. The lowest BCUT2D eigenvalue weighted by Crippen LogP contribution is -2.49. The molecule has 0 radical (unpaired) electrons. The standard InChI is InChI=1S/C16H23FN2O3S/c1-12(2)23(21,22)11-16(20)18-14-6-4-8-19(10-14)15-7-3-5-13(17)9-15/h3,5,7,9,12,14H,4,6,8,10-11H2,1-2H3,(H,18,20)/t14-/m0/s1. The predicted octanol–water partition coefficient (Wildman–Crippen LogP) is 1.73. The molecule has 0 saturated carbocycles. The van der Waals surface area contributed by atoms with Crippen LogP contribution in [0.5, 0.6) is 0 Å². The number of halogens is 1. The first-order chi connectivity index (χ1) is 10.8. The van der Waals surface area contributed by atoms with Crippen molar-refractivity contribution in [2.24, 2.45) is 0 Å². The van der Waals surface area contributed by atoms with Gasteiger partial charge in [-0.3, -0.25) is 4.79 Å². The third-order valence-corrected chi connectivity index (χ3v) is 6.11. The fourth-order valence-corrected chi connectivity index (χ4v) is 3.40. The Bertz CT molecular complexity index is 661. The number of rotatable bonds is 5. The second kappa shape index (κ2) is 7.29. The van der Waals surface area contributed by atoms with E-state index in [-0.39, 0.29) is 11.9 Å². The number of carbonyl (C=O) groups excluding carboxylic acids is 1. The van der Waals surface area contributed by atoms with E-state index in [0.29, 0.717) is 6.54 Å². The Morgan fingerprint density at radius 1 is 1.43 bits per heavy atom. The summed E-state index contributed by atoms with van der Waals surface area (Å²) >= 11 is 0. The Kier molecular flexibility index (Phi) is 5.62. The van der Waals surface area contributed by atoms with Crippen LogP contribution in [0.15, 0.2) is 24.3 Å². The molecule has 1 fully saturated rings. The maximum Gasteiger partial charge on any atom is 0.235 e. The highest BCUT2D eigenvalue weighted by Gasteiger charge is 2.25. The topological polar surface area (TPSA) is 66.5 Å². The second-order valence-corrected chi connectivity index (χ2v) is 8.75. The maximum absolute atomic E-state index is 13.3. The summed E-state index contributed by atoms with van der Waals surface area (Å²) in [6.07, 6.45) is 1.65. The Labute approximate surface area is 136 Å². The monoisotopic (exact) mass is 342 g/mol. The highest BCUT2D eigenvalue weighted by molar-refractivity contribution is 7.92. The average Bonchev–Trinajstić information content (AvgIpc) is 2.46. The van der Waals surface area contributed by atoms with Crippen molar-refractivity contribution in [3.63, 3.8) is 0 Å². The predicted molar refractivity (Wildman–Crippen MR) is 88.7 cm³/mol. The Morgan fingerprint density at radius 3 is 2.83 bits per heavy atom. The van der Waals surface area contributed by atoms with E-state index in [1.54, 1.807) is 19.9 Å². The van der Waals surface area contributed by atoms with Gasteiger partial charge in [-0.2, -0.15) is 0 Å². The molecule has 128 valence electrons. The van der Waals surface area contributed by atoms with Crippen molar-refractivity contribution in [1.29, 1.82) is 0 Å². The third-order valence-electron chi connectivity index (χ3n) is 4.01. The molecule has 1 heterocycles. The van der Waals surface area contributed by atoms with Crippen LogP contribution in [-0.4, -0.2) is 44.5 Å². The van der Waals surface area contributed by atoms with Crippen molar-refractivity contribution in [2.75, 3.05) is 23.7 Å². The largest absolute Gasteiger partial charge is 0.369 e. The quantitative estimate of drug-likeness (QED) is 0.885. The smallest absolute Gasteiger partial charge is 0.235 e. The van der Waals surface area contributed by atoms with Gasteiger partial charge in [-0.25, -0.2) is 12.8 Å². The van der Waals surface area contributed by atoms with E-state index in [1.165, 1.54) is 12.1 Å². The minimum absolute atomic E-state index is 0.123. The molecule has 23 heavy (non-hydrogen) atoms. The molecule has 2 rings (SSSR count). The number of anilines is 1. The molecule has 0 spiro atoms. The zero-order valence-corrected chi connectivity index (χ0v) is 14.3. The van der Waals surface area contributed by atoms with Crippen molar-refractivity contribution in [2.45, 2.75) is 38.0 Å². The van der Waals surface area contributed by atoms with Gasteiger partial charge in [-0.1, -0.05) is 6.07 Å². The fraction of sp³-hybridized carbons (Fsp3) is 0.562. The molecule has 0 unspecified atom stereocenters. The van der Waals surface area contributed by atoms with Gasteiger partial charge in [0.25, 0.3) is 0 Å². The van der Waals surface area contributed by atoms with Crippen LogP contribution in [-0.2, 0) is 14.6 Å². The Hall–Kier alpha value is -1.63. The molecule has 1 saturated heterocycles. The summed E-state index contributed by atoms with van der Waals surface area (Å²) in [4.78, 5) is 14.0. The third kappa shape index (κ3) is 4.92. The number of sulfone groups is 1. The van der Waals surface area contributed by atoms with Crippen LogP contribution < -0.4 is 10.2 Å². The first-order valence-electron chi connectivity index (χ1n) is 7.79. The molecular formula is C16H23FN2O3S. The van der Waals surface area contributed by atoms with Gasteiger partial charge in [0, 0.05) is 24.8 Å². The molecule has 1 aromatic rings. The molecule has 1 atom stereocenters. The van der Waals surface area contributed by atoms with E-state index in [0.717, 1.165) is 25.1 Å². The summed E-state index contributed by atoms with van der Waals surface area (Å²) < 4.78 is 36.9. The normalized spacial score (nSPS) is 19.0. The minimum Gasteiger partial charge on any atom is -0.369 e. The lowest BCUT2D eigenvalue weighted by atomic mass is 10.0. The van der Waals surface area contributed by atoms with Gasteiger partial charge in [-0.05, 0) is 44.9 Å². The zero-order valence-electron chi connectivity index (χ0n) is 13.5. The van der Waals surface area contributed by atoms with Crippen LogP contribution in [0, 0.1) is 5.82 Å². The molecule has 1 amide bonds. The molecule has 5 nitrogen and oxygen atoms in total. The van der Waals surface area contributed by atoms with Crippen molar-refractivity contribution in [3.8, 4) is 0 Å². The van der Waals surface area contributed by atoms with Crippen molar-refractivity contribution >= 4 is 21.4 Å². The molecule has 0 bridgehead atoms. The van der Waals surface area contributed by atoms with Crippen LogP contribution in [0.3, 0.4) is 0 Å². The highest BCUT2D eigenvalue weighted by atomic mass is 32.2. The molecule has 1 aliphatic heterocycles. The average molecular weight is 342 g/mol. The van der Waals surface area contributed by atoms with E-state index in [1.807, 2.05) is 11.0 Å². The van der Waals surface area contributed by atoms with Gasteiger partial charge in [-0.15, -0.1) is 0 Å². The van der Waals surface area contributed by atoms with Crippen LogP contribution in [0.2, 0.25) is 0 Å². The SMILES string of the molecule is CC(C)S(=O)(=O)CC(=O)N[C@H]1CCCN(c2cccc(F)c2)C1. The lowest BCUT2D eigenvalue weighted by molar-refractivity contribution is -0.119. The summed E-state index contributed by atoms with van der Waals surface area (Å²) in [6, 6.07) is 6.22. The summed E-state index contributed by atoms with van der Waals surface area (Å²) in [5, 5.41) is 2.22. The van der Waals surface area contributed by atoms with E-state index in [9.17, 15) is 17.6 Å². The van der Waals surface area contributed by atoms with Gasteiger partial charge in [0.1, 0.15) is 11.6 Å². The minimum atomic E-state index is -3.39. The number of nitrogens with one attached hydrogen (secondary N) is 1. The maximum atomic E-state index is 13.3. The number of piperidine rings is 1. The number of hydrogen-bond acceptors (Lipinski definition) is 4. The molecule has 1 N–H and O–H groups in total. The summed E-state index contributed by atoms with van der Waals surface area (Å²) in [6.45, 7) is 4.47. The number of carbonyl (C=O) groups is 1. The number of amides is 1. The molecule has 0 aromatic heterocycles. The number of hydrogen-bond donors (Lipinski definition) is 1. The van der Waals surface area contributed by atoms with E-state index >= 15 is 0 Å². The summed E-state index contributed by atoms with van der Waals surface area (Å²) in [5.41, 5.74) is 0.777. The number of nitrogens with zero attached hydrogens (tertiary/aromatic N) is 1. The van der Waals surface area contributed by atoms with Gasteiger partial charge >= 0.3 is 0 Å². The van der Waals surface area contributed by atoms with Crippen molar-refractivity contribution in [1.82, 2.24) is 5.32 Å². The van der Waals surface area contributed by atoms with Crippen LogP contribution in [0.1, 0.15) is 26.7 Å². The van der Waals surface area contributed by atoms with Gasteiger partial charge in [0.15, 0.2) is 9.84 Å². The Morgan fingerprint density at radius 2 is 2.17 bits per heavy atom. The summed E-state index contributed by atoms with van der Waals surface area (Å²) in [7, 11) is -3.39. The first kappa shape index (κ1) is 17.7. The first-order valence-corrected chi connectivity index (χ1v) is 9.51. The van der Waals surface area contributed by atoms with Gasteiger partial charge < -0.3 is 10.2 Å². The lowest BCUT2D eigenvalue weighted by Gasteiger charge is -2.34. The number of benzene rings is 1. The highest BCUT2D eigenvalue weighted by Crippen LogP contribution is 2.20. The molecule has 7 heteroatoms.